The minimum atomic E-state index is -4.41. The highest BCUT2D eigenvalue weighted by Gasteiger charge is 2.45. The van der Waals surface area contributed by atoms with Crippen molar-refractivity contribution >= 4 is 16.5 Å². The molecular formula is C24H21F5N4. The number of hydrogen-bond donors (Lipinski definition) is 1. The van der Waals surface area contributed by atoms with Crippen molar-refractivity contribution in [3.8, 4) is 0 Å². The van der Waals surface area contributed by atoms with Gasteiger partial charge >= 0.3 is 6.18 Å². The van der Waals surface area contributed by atoms with E-state index in [0.29, 0.717) is 46.9 Å². The number of aromatic nitrogens is 3. The van der Waals surface area contributed by atoms with Crippen LogP contribution in [-0.2, 0) is 19.0 Å². The molecule has 2 aromatic heterocycles. The van der Waals surface area contributed by atoms with E-state index in [1.807, 2.05) is 6.08 Å². The number of allylic oxidation sites excluding steroid dienone is 1. The molecule has 1 fully saturated rings. The van der Waals surface area contributed by atoms with Gasteiger partial charge in [-0.1, -0.05) is 12.1 Å². The second-order valence-corrected chi connectivity index (χ2v) is 8.73. The standard InChI is InChI=1S/C24H21F5N4/c25-23(26)7-1-2-20(30)19(23)9-21-32-11-14-10-31-12-18(22(14)33-21)17-5-3-13-8-15(24(27,28)29)4-6-16(13)17/h4-6,8,10-12,19-20H,1-3,7,9,30H2/t19-,20-/m0/s1. The maximum atomic E-state index is 14.5. The molecule has 2 atom stereocenters. The minimum absolute atomic E-state index is 0.0452. The fourth-order valence-electron chi connectivity index (χ4n) is 4.84. The highest BCUT2D eigenvalue weighted by atomic mass is 19.4. The molecule has 0 spiro atoms. The third-order valence-corrected chi connectivity index (χ3v) is 6.59. The number of pyridine rings is 1. The maximum absolute atomic E-state index is 14.5. The van der Waals surface area contributed by atoms with Gasteiger partial charge in [-0.2, -0.15) is 13.2 Å². The van der Waals surface area contributed by atoms with Crippen molar-refractivity contribution in [1.29, 1.82) is 0 Å². The zero-order valence-corrected chi connectivity index (χ0v) is 17.5. The number of nitrogens with two attached hydrogens (primary N) is 1. The zero-order valence-electron chi connectivity index (χ0n) is 17.5. The van der Waals surface area contributed by atoms with Crippen LogP contribution in [0.3, 0.4) is 0 Å². The second kappa shape index (κ2) is 7.83. The molecule has 33 heavy (non-hydrogen) atoms. The predicted octanol–water partition coefficient (Wildman–Crippen LogP) is 5.34. The molecule has 1 saturated carbocycles. The van der Waals surface area contributed by atoms with Crippen molar-refractivity contribution in [3.63, 3.8) is 0 Å². The molecule has 2 aliphatic carbocycles. The quantitative estimate of drug-likeness (QED) is 0.536. The topological polar surface area (TPSA) is 64.7 Å². The number of rotatable bonds is 3. The Kier molecular flexibility index (Phi) is 5.19. The Hall–Kier alpha value is -2.94. The molecular weight excluding hydrogens is 439 g/mol. The van der Waals surface area contributed by atoms with Gasteiger partial charge in [-0.25, -0.2) is 18.7 Å². The molecule has 0 unspecified atom stereocenters. The van der Waals surface area contributed by atoms with Gasteiger partial charge in [0.05, 0.1) is 11.1 Å². The normalized spacial score (nSPS) is 22.3. The lowest BCUT2D eigenvalue weighted by molar-refractivity contribution is -0.137. The van der Waals surface area contributed by atoms with E-state index in [4.69, 9.17) is 5.73 Å². The second-order valence-electron chi connectivity index (χ2n) is 8.73. The van der Waals surface area contributed by atoms with Gasteiger partial charge in [0.2, 0.25) is 0 Å². The molecule has 2 aliphatic rings. The fraction of sp³-hybridized carbons (Fsp3) is 0.375. The first-order valence-corrected chi connectivity index (χ1v) is 10.8. The van der Waals surface area contributed by atoms with Gasteiger partial charge in [0.15, 0.2) is 0 Å². The number of hydrogen-bond acceptors (Lipinski definition) is 4. The van der Waals surface area contributed by atoms with Crippen LogP contribution in [-0.4, -0.2) is 26.9 Å². The Morgan fingerprint density at radius 2 is 1.91 bits per heavy atom. The molecule has 0 radical (unpaired) electrons. The molecule has 9 heteroatoms. The van der Waals surface area contributed by atoms with Crippen LogP contribution in [0.2, 0.25) is 0 Å². The Bertz CT molecular complexity index is 1250. The first kappa shape index (κ1) is 21.9. The molecule has 3 aromatic rings. The monoisotopic (exact) mass is 460 g/mol. The van der Waals surface area contributed by atoms with E-state index in [2.05, 4.69) is 15.0 Å². The number of alkyl halides is 5. The summed E-state index contributed by atoms with van der Waals surface area (Å²) >= 11 is 0. The van der Waals surface area contributed by atoms with Crippen LogP contribution in [0.15, 0.2) is 42.9 Å². The highest BCUT2D eigenvalue weighted by Crippen LogP contribution is 2.41. The van der Waals surface area contributed by atoms with E-state index in [9.17, 15) is 22.0 Å². The predicted molar refractivity (Wildman–Crippen MR) is 114 cm³/mol. The highest BCUT2D eigenvalue weighted by molar-refractivity contribution is 5.96. The van der Waals surface area contributed by atoms with Crippen LogP contribution in [0.1, 0.15) is 47.3 Å². The third kappa shape index (κ3) is 3.99. The van der Waals surface area contributed by atoms with Crippen LogP contribution in [0, 0.1) is 5.92 Å². The molecule has 4 nitrogen and oxygen atoms in total. The van der Waals surface area contributed by atoms with Crippen molar-refractivity contribution in [3.05, 3.63) is 70.9 Å². The molecule has 5 rings (SSSR count). The van der Waals surface area contributed by atoms with Crippen LogP contribution < -0.4 is 5.73 Å². The lowest BCUT2D eigenvalue weighted by Crippen LogP contribution is -2.47. The Labute approximate surface area is 186 Å². The molecule has 0 amide bonds. The van der Waals surface area contributed by atoms with E-state index in [-0.39, 0.29) is 18.7 Å². The van der Waals surface area contributed by atoms with Gasteiger partial charge in [-0.15, -0.1) is 0 Å². The SMILES string of the molecule is N[C@H]1CCCC(F)(F)[C@H]1Cc1ncc2cncc(C3=CCc4cc(C(F)(F)F)ccc43)c2n1. The van der Waals surface area contributed by atoms with Gasteiger partial charge in [0.25, 0.3) is 5.92 Å². The first-order valence-electron chi connectivity index (χ1n) is 10.8. The van der Waals surface area contributed by atoms with Gasteiger partial charge in [0, 0.05) is 54.3 Å². The smallest absolute Gasteiger partial charge is 0.327 e. The van der Waals surface area contributed by atoms with Crippen LogP contribution >= 0.6 is 0 Å². The number of nitrogens with zero attached hydrogens (tertiary/aromatic N) is 3. The summed E-state index contributed by atoms with van der Waals surface area (Å²) in [6.07, 6.45) is 3.18. The largest absolute Gasteiger partial charge is 0.416 e. The van der Waals surface area contributed by atoms with Gasteiger partial charge in [-0.05, 0) is 48.1 Å². The summed E-state index contributed by atoms with van der Waals surface area (Å²) in [6.45, 7) is 0. The summed E-state index contributed by atoms with van der Waals surface area (Å²) < 4.78 is 68.3. The average Bonchev–Trinajstić information content (AvgIpc) is 3.18. The Morgan fingerprint density at radius 3 is 2.67 bits per heavy atom. The van der Waals surface area contributed by atoms with Crippen molar-refractivity contribution < 1.29 is 22.0 Å². The van der Waals surface area contributed by atoms with E-state index in [1.165, 1.54) is 6.07 Å². The number of benzene rings is 1. The van der Waals surface area contributed by atoms with Crippen LogP contribution in [0.25, 0.3) is 16.5 Å². The average molecular weight is 460 g/mol. The third-order valence-electron chi connectivity index (χ3n) is 6.59. The van der Waals surface area contributed by atoms with Crippen LogP contribution in [0.5, 0.6) is 0 Å². The molecule has 0 aliphatic heterocycles. The minimum Gasteiger partial charge on any atom is -0.327 e. The van der Waals surface area contributed by atoms with E-state index in [0.717, 1.165) is 17.7 Å². The van der Waals surface area contributed by atoms with E-state index < -0.39 is 29.6 Å². The van der Waals surface area contributed by atoms with Crippen molar-refractivity contribution in [2.75, 3.05) is 0 Å². The van der Waals surface area contributed by atoms with Gasteiger partial charge in [-0.3, -0.25) is 4.98 Å². The first-order chi connectivity index (χ1) is 15.6. The molecule has 172 valence electrons. The molecule has 2 N–H and O–H groups in total. The van der Waals surface area contributed by atoms with Crippen molar-refractivity contribution in [2.45, 2.75) is 50.2 Å². The summed E-state index contributed by atoms with van der Waals surface area (Å²) in [5.41, 5.74) is 8.45. The summed E-state index contributed by atoms with van der Waals surface area (Å²) in [5.74, 6) is -3.65. The Morgan fingerprint density at radius 1 is 1.09 bits per heavy atom. The molecule has 2 heterocycles. The lowest BCUT2D eigenvalue weighted by Gasteiger charge is -2.35. The number of fused-ring (bicyclic) bond motifs is 2. The van der Waals surface area contributed by atoms with Crippen molar-refractivity contribution in [2.24, 2.45) is 11.7 Å². The lowest BCUT2D eigenvalue weighted by atomic mass is 9.79. The molecule has 0 saturated heterocycles. The summed E-state index contributed by atoms with van der Waals surface area (Å²) in [7, 11) is 0. The fourth-order valence-corrected chi connectivity index (χ4v) is 4.84. The zero-order chi connectivity index (χ0) is 23.4. The summed E-state index contributed by atoms with van der Waals surface area (Å²) in [4.78, 5) is 13.1. The molecule has 0 bridgehead atoms. The van der Waals surface area contributed by atoms with E-state index >= 15 is 0 Å². The van der Waals surface area contributed by atoms with E-state index in [1.54, 1.807) is 18.6 Å². The summed E-state index contributed by atoms with van der Waals surface area (Å²) in [6, 6.07) is 3.05. The maximum Gasteiger partial charge on any atom is 0.416 e. The van der Waals surface area contributed by atoms with Crippen molar-refractivity contribution in [1.82, 2.24) is 15.0 Å². The summed E-state index contributed by atoms with van der Waals surface area (Å²) in [5, 5.41) is 0.622. The van der Waals surface area contributed by atoms with Crippen LogP contribution in [0.4, 0.5) is 22.0 Å². The van der Waals surface area contributed by atoms with Gasteiger partial charge < -0.3 is 5.73 Å². The van der Waals surface area contributed by atoms with Gasteiger partial charge in [0.1, 0.15) is 5.82 Å². The Balaban J connectivity index is 1.52. The number of halogens is 5. The molecule has 1 aromatic carbocycles.